The molecule has 0 unspecified atom stereocenters. The van der Waals surface area contributed by atoms with Crippen molar-refractivity contribution in [3.8, 4) is 0 Å². The van der Waals surface area contributed by atoms with Crippen molar-refractivity contribution >= 4 is 44.6 Å². The number of carboxylic acid groups (broad SMARTS) is 1. The molecule has 50 heavy (non-hydrogen) atoms. The number of hydrogen-bond donors (Lipinski definition) is 1. The molecule has 0 radical (unpaired) electrons. The fourth-order valence-corrected chi connectivity index (χ4v) is 7.99. The number of nitrogens with zero attached hydrogens (tertiary/aromatic N) is 2. The van der Waals surface area contributed by atoms with E-state index in [9.17, 15) is 9.90 Å². The van der Waals surface area contributed by atoms with E-state index < -0.39 is 5.97 Å². The summed E-state index contributed by atoms with van der Waals surface area (Å²) in [7, 11) is 0. The van der Waals surface area contributed by atoms with Crippen LogP contribution in [-0.4, -0.2) is 34.5 Å². The van der Waals surface area contributed by atoms with E-state index in [2.05, 4.69) is 166 Å². The first-order valence-corrected chi connectivity index (χ1v) is 17.6. The van der Waals surface area contributed by atoms with Crippen molar-refractivity contribution in [2.75, 3.05) is 18.0 Å². The summed E-state index contributed by atoms with van der Waals surface area (Å²) in [5, 5.41) is 14.5. The SMILES string of the molecule is C=C(CCC)CC[N+]1=C(C=CC=CC=CC=C2N(CCC(=O)O)c3ccc4ccccc4c3C2(C)C)C(C)(C)c2c1ccc1ccccc21.[Cl-]. The van der Waals surface area contributed by atoms with Gasteiger partial charge in [0.2, 0.25) is 5.69 Å². The summed E-state index contributed by atoms with van der Waals surface area (Å²) in [6, 6.07) is 26.0. The molecule has 0 saturated heterocycles. The van der Waals surface area contributed by atoms with Crippen LogP contribution in [0.2, 0.25) is 0 Å². The van der Waals surface area contributed by atoms with E-state index in [0.717, 1.165) is 37.2 Å². The molecule has 0 fully saturated rings. The highest BCUT2D eigenvalue weighted by atomic mass is 35.5. The van der Waals surface area contributed by atoms with E-state index in [1.54, 1.807) is 0 Å². The number of allylic oxidation sites excluding steroid dienone is 8. The topological polar surface area (TPSA) is 43.5 Å². The molecule has 2 heterocycles. The Morgan fingerprint density at radius 2 is 1.40 bits per heavy atom. The van der Waals surface area contributed by atoms with Crippen molar-refractivity contribution < 1.29 is 26.9 Å². The minimum atomic E-state index is -0.791. The molecule has 258 valence electrons. The molecule has 0 aliphatic carbocycles. The van der Waals surface area contributed by atoms with Gasteiger partial charge in [-0.3, -0.25) is 4.79 Å². The van der Waals surface area contributed by atoms with E-state index in [0.29, 0.717) is 6.54 Å². The Labute approximate surface area is 303 Å². The molecule has 4 aromatic rings. The first-order valence-electron chi connectivity index (χ1n) is 17.6. The van der Waals surface area contributed by atoms with E-state index >= 15 is 0 Å². The van der Waals surface area contributed by atoms with Crippen molar-refractivity contribution in [2.24, 2.45) is 0 Å². The lowest BCUT2D eigenvalue weighted by atomic mass is 9.79. The van der Waals surface area contributed by atoms with Gasteiger partial charge in [0, 0.05) is 47.5 Å². The minimum Gasteiger partial charge on any atom is -1.00 e. The number of benzene rings is 4. The fourth-order valence-electron chi connectivity index (χ4n) is 7.99. The number of anilines is 1. The molecule has 0 amide bonds. The smallest absolute Gasteiger partial charge is 0.305 e. The Kier molecular flexibility index (Phi) is 11.0. The number of fused-ring (bicyclic) bond motifs is 6. The maximum absolute atomic E-state index is 11.6. The van der Waals surface area contributed by atoms with Crippen LogP contribution in [0.5, 0.6) is 0 Å². The summed E-state index contributed by atoms with van der Waals surface area (Å²) in [4.78, 5) is 13.8. The van der Waals surface area contributed by atoms with Crippen LogP contribution in [0, 0.1) is 0 Å². The number of aliphatic carboxylic acids is 1. The molecule has 5 heteroatoms. The molecule has 0 bridgehead atoms. The quantitative estimate of drug-likeness (QED) is 0.0936. The summed E-state index contributed by atoms with van der Waals surface area (Å²) < 4.78 is 2.50. The van der Waals surface area contributed by atoms with Gasteiger partial charge in [-0.2, -0.15) is 4.58 Å². The van der Waals surface area contributed by atoms with Crippen molar-refractivity contribution in [1.82, 2.24) is 0 Å². The van der Waals surface area contributed by atoms with Crippen LogP contribution in [0.4, 0.5) is 11.4 Å². The lowest BCUT2D eigenvalue weighted by Gasteiger charge is -2.26. The number of hydrogen-bond acceptors (Lipinski definition) is 2. The Balaban J connectivity index is 0.00000486. The highest BCUT2D eigenvalue weighted by Gasteiger charge is 2.45. The third-order valence-electron chi connectivity index (χ3n) is 10.3. The first kappa shape index (κ1) is 36.6. The van der Waals surface area contributed by atoms with Gasteiger partial charge < -0.3 is 22.4 Å². The van der Waals surface area contributed by atoms with E-state index in [1.165, 1.54) is 49.6 Å². The zero-order valence-corrected chi connectivity index (χ0v) is 30.8. The molecule has 1 N–H and O–H groups in total. The van der Waals surface area contributed by atoms with Crippen LogP contribution in [0.1, 0.15) is 71.4 Å². The van der Waals surface area contributed by atoms with Gasteiger partial charge in [0.1, 0.15) is 0 Å². The summed E-state index contributed by atoms with van der Waals surface area (Å²) in [6.45, 7) is 17.1. The third kappa shape index (κ3) is 6.87. The predicted octanol–water partition coefficient (Wildman–Crippen LogP) is 7.94. The molecule has 0 aromatic heterocycles. The fraction of sp³-hybridized carbons (Fsp3) is 0.289. The second kappa shape index (κ2) is 15.1. The molecule has 0 atom stereocenters. The van der Waals surface area contributed by atoms with Crippen LogP contribution in [0.15, 0.2) is 133 Å². The Morgan fingerprint density at radius 3 is 2.08 bits per heavy atom. The molecule has 0 saturated carbocycles. The summed E-state index contributed by atoms with van der Waals surface area (Å²) >= 11 is 0. The maximum atomic E-state index is 11.6. The van der Waals surface area contributed by atoms with E-state index in [1.807, 2.05) is 0 Å². The molecule has 2 aliphatic heterocycles. The monoisotopic (exact) mass is 684 g/mol. The second-order valence-corrected chi connectivity index (χ2v) is 14.4. The average Bonchev–Trinajstić information content (AvgIpc) is 3.44. The van der Waals surface area contributed by atoms with Crippen LogP contribution < -0.4 is 17.3 Å². The van der Waals surface area contributed by atoms with Gasteiger partial charge in [0.15, 0.2) is 12.3 Å². The number of halogens is 1. The molecule has 4 aromatic carbocycles. The zero-order chi connectivity index (χ0) is 34.8. The summed E-state index contributed by atoms with van der Waals surface area (Å²) in [5.41, 5.74) is 8.31. The van der Waals surface area contributed by atoms with Gasteiger partial charge >= 0.3 is 5.97 Å². The van der Waals surface area contributed by atoms with Crippen LogP contribution >= 0.6 is 0 Å². The van der Waals surface area contributed by atoms with Gasteiger partial charge in [-0.25, -0.2) is 0 Å². The second-order valence-electron chi connectivity index (χ2n) is 14.4. The number of carbonyl (C=O) groups is 1. The van der Waals surface area contributed by atoms with Crippen molar-refractivity contribution in [3.63, 3.8) is 0 Å². The molecule has 0 spiro atoms. The molecular formula is C45H49ClN2O2. The Morgan fingerprint density at radius 1 is 0.780 bits per heavy atom. The van der Waals surface area contributed by atoms with E-state index in [-0.39, 0.29) is 29.7 Å². The van der Waals surface area contributed by atoms with Gasteiger partial charge in [-0.05, 0) is 65.6 Å². The van der Waals surface area contributed by atoms with Crippen molar-refractivity contribution in [1.29, 1.82) is 0 Å². The average molecular weight is 685 g/mol. The lowest BCUT2D eigenvalue weighted by Crippen LogP contribution is -3.00. The summed E-state index contributed by atoms with van der Waals surface area (Å²) in [5.74, 6) is -0.791. The highest BCUT2D eigenvalue weighted by Crippen LogP contribution is 2.51. The lowest BCUT2D eigenvalue weighted by molar-refractivity contribution is -0.436. The largest absolute Gasteiger partial charge is 1.00 e. The standard InChI is InChI=1S/C45H48N2O2.ClH/c1-7-17-32(2)28-30-46-37-26-24-33-18-13-15-20-35(33)42(37)44(3,4)39(46)22-11-9-8-10-12-23-40-45(5,6)43-36-21-16-14-19-34(36)25-27-38(43)47(40)31-29-41(48)49;/h8-16,18-27H,2,7,17,28-31H2,1,3-6H3;1H. The zero-order valence-electron chi connectivity index (χ0n) is 30.0. The van der Waals surface area contributed by atoms with Gasteiger partial charge in [-0.15, -0.1) is 0 Å². The van der Waals surface area contributed by atoms with Gasteiger partial charge in [0.25, 0.3) is 0 Å². The van der Waals surface area contributed by atoms with Crippen molar-refractivity contribution in [3.05, 3.63) is 144 Å². The molecule has 2 aliphatic rings. The number of rotatable bonds is 12. The first-order chi connectivity index (χ1) is 23.6. The molecular weight excluding hydrogens is 636 g/mol. The highest BCUT2D eigenvalue weighted by molar-refractivity contribution is 6.07. The Bertz CT molecular complexity index is 2090. The summed E-state index contributed by atoms with van der Waals surface area (Å²) in [6.07, 6.45) is 18.1. The molecule has 6 rings (SSSR count). The van der Waals surface area contributed by atoms with Crippen molar-refractivity contribution in [2.45, 2.75) is 71.1 Å². The van der Waals surface area contributed by atoms with Gasteiger partial charge in [0.05, 0.1) is 11.8 Å². The van der Waals surface area contributed by atoms with Gasteiger partial charge in [-0.1, -0.05) is 124 Å². The predicted molar refractivity (Wildman–Crippen MR) is 208 cm³/mol. The number of carboxylic acids is 1. The van der Waals surface area contributed by atoms with Crippen LogP contribution in [0.25, 0.3) is 21.5 Å². The maximum Gasteiger partial charge on any atom is 0.305 e. The third-order valence-corrected chi connectivity index (χ3v) is 10.3. The van der Waals surface area contributed by atoms with Crippen LogP contribution in [-0.2, 0) is 15.6 Å². The van der Waals surface area contributed by atoms with E-state index in [4.69, 9.17) is 0 Å². The van der Waals surface area contributed by atoms with Crippen LogP contribution in [0.3, 0.4) is 0 Å². The Hall–Kier alpha value is -4.67. The minimum absolute atomic E-state index is 0. The molecule has 4 nitrogen and oxygen atoms in total. The normalized spacial score (nSPS) is 17.1.